The Morgan fingerprint density at radius 3 is 1.14 bits per heavy atom. The number of benzene rings is 4. The third-order valence-electron chi connectivity index (χ3n) is 13.5. The van der Waals surface area contributed by atoms with Crippen molar-refractivity contribution in [3.63, 3.8) is 0 Å². The van der Waals surface area contributed by atoms with Crippen LogP contribution < -0.4 is 18.3 Å². The van der Waals surface area contributed by atoms with Crippen molar-refractivity contribution in [2.45, 2.75) is 120 Å². The topological polar surface area (TPSA) is 15.5 Å². The highest BCUT2D eigenvalue weighted by molar-refractivity contribution is 5.64. The van der Waals surface area contributed by atoms with Crippen molar-refractivity contribution in [2.75, 3.05) is 0 Å². The molecule has 0 N–H and O–H groups in total. The second-order valence-corrected chi connectivity index (χ2v) is 18.5. The van der Waals surface area contributed by atoms with E-state index in [2.05, 4.69) is 86.3 Å². The molecule has 70 heavy (non-hydrogen) atoms. The highest BCUT2D eigenvalue weighted by Gasteiger charge is 2.22. The average molecular weight is 943 g/mol. The van der Waals surface area contributed by atoms with Crippen LogP contribution in [-0.2, 0) is 47.3 Å². The van der Waals surface area contributed by atoms with Crippen molar-refractivity contribution in [2.24, 2.45) is 28.2 Å². The number of hydrogen-bond acceptors (Lipinski definition) is 0. The van der Waals surface area contributed by atoms with Gasteiger partial charge in [0.2, 0.25) is 22.8 Å². The van der Waals surface area contributed by atoms with Gasteiger partial charge in [-0.05, 0) is 155 Å². The number of rotatable bonds is 8. The standard InChI is InChI=1S/C18H22N.3C16H20N/c1-14-7-3-6-10-17(14)18-13-16(11-12-19(18)2)15-8-4-5-9-15;2*1-5-14-10-16(17(4)11-13(14)3)15-9-7-6-8-12(15)2;1-5-14-11-17(4)16(10-13(14)3)15-9-7-6-8-12(15)2/h3,6-7,10-13,15H,4-5,8-9H2,1-2H3;3*6-11H,5H2,1-4H3/q4*+1/i;2*3D3,5D2;5D2. The van der Waals surface area contributed by atoms with Crippen LogP contribution in [-0.4, -0.2) is 0 Å². The van der Waals surface area contributed by atoms with Crippen molar-refractivity contribution in [1.82, 2.24) is 0 Å². The van der Waals surface area contributed by atoms with E-state index in [9.17, 15) is 0 Å². The van der Waals surface area contributed by atoms with Gasteiger partial charge in [0.05, 0.1) is 0 Å². The van der Waals surface area contributed by atoms with Crippen LogP contribution in [0, 0.1) is 48.3 Å². The van der Waals surface area contributed by atoms with Gasteiger partial charge in [-0.3, -0.25) is 0 Å². The Morgan fingerprint density at radius 2 is 0.771 bits per heavy atom. The predicted molar refractivity (Wildman–Crippen MR) is 295 cm³/mol. The summed E-state index contributed by atoms with van der Waals surface area (Å²) in [6, 6.07) is 42.6. The van der Waals surface area contributed by atoms with Gasteiger partial charge in [-0.15, -0.1) is 0 Å². The first-order chi connectivity index (χ1) is 38.1. The summed E-state index contributed by atoms with van der Waals surface area (Å²) in [6.45, 7) is 9.90. The zero-order valence-electron chi connectivity index (χ0n) is 55.6. The smallest absolute Gasteiger partial charge is 0.201 e. The van der Waals surface area contributed by atoms with Gasteiger partial charge in [0.15, 0.2) is 24.8 Å². The fourth-order valence-corrected chi connectivity index (χ4v) is 9.33. The summed E-state index contributed by atoms with van der Waals surface area (Å²) in [5.41, 5.74) is 17.0. The highest BCUT2D eigenvalue weighted by atomic mass is 14.9. The van der Waals surface area contributed by atoms with Crippen LogP contribution in [0.2, 0.25) is 0 Å². The third-order valence-corrected chi connectivity index (χ3v) is 13.5. The highest BCUT2D eigenvalue weighted by Crippen LogP contribution is 2.35. The maximum Gasteiger partial charge on any atom is 0.212 e. The molecule has 4 aromatic carbocycles. The van der Waals surface area contributed by atoms with E-state index in [1.807, 2.05) is 99.2 Å². The molecule has 9 rings (SSSR count). The molecule has 4 heterocycles. The van der Waals surface area contributed by atoms with Gasteiger partial charge < -0.3 is 0 Å². The Morgan fingerprint density at radius 1 is 0.414 bits per heavy atom. The fourth-order valence-electron chi connectivity index (χ4n) is 9.33. The SMILES string of the molecule is Cc1ccccc1-c1cc(C2CCCC2)cc[n+]1C.[2H]C([2H])(C)c1c[n+](C)c(-c2ccccc2C)cc1C.[2H]C([2H])([2H])c1c[n+](C)c(-c2ccccc2C)cc1C([2H])([2H])C.[2H]C([2H])([2H])c1c[n+](C)c(-c2ccccc2C)cc1C([2H])([2H])C. The second kappa shape index (κ2) is 24.9. The van der Waals surface area contributed by atoms with Crippen LogP contribution >= 0.6 is 0 Å². The van der Waals surface area contributed by atoms with E-state index in [0.29, 0.717) is 0 Å². The second-order valence-electron chi connectivity index (χ2n) is 18.5. The van der Waals surface area contributed by atoms with Crippen LogP contribution in [0.25, 0.3) is 45.0 Å². The lowest BCUT2D eigenvalue weighted by molar-refractivity contribution is -0.661. The van der Waals surface area contributed by atoms with Crippen molar-refractivity contribution < 1.29 is 34.7 Å². The Bertz CT molecular complexity index is 3400. The molecule has 4 heteroatoms. The van der Waals surface area contributed by atoms with Crippen LogP contribution in [0.15, 0.2) is 152 Å². The lowest BCUT2D eigenvalue weighted by Crippen LogP contribution is -2.32. The van der Waals surface area contributed by atoms with E-state index in [1.54, 1.807) is 42.3 Å². The minimum absolute atomic E-state index is 0.0554. The summed E-state index contributed by atoms with van der Waals surface area (Å²) in [7, 11) is 7.68. The van der Waals surface area contributed by atoms with Crippen molar-refractivity contribution in [3.8, 4) is 45.0 Å². The molecule has 1 saturated carbocycles. The first-order valence-corrected chi connectivity index (χ1v) is 24.4. The van der Waals surface area contributed by atoms with E-state index in [4.69, 9.17) is 16.4 Å². The molecule has 0 saturated heterocycles. The molecule has 0 atom stereocenters. The number of nitrogens with zero attached hydrogens (tertiary/aromatic N) is 4. The summed E-state index contributed by atoms with van der Waals surface area (Å²) in [6.07, 6.45) is 7.90. The number of hydrogen-bond donors (Lipinski definition) is 0. The average Bonchev–Trinajstić information content (AvgIpc) is 4.00. The van der Waals surface area contributed by atoms with Crippen molar-refractivity contribution >= 4 is 0 Å². The molecule has 1 fully saturated rings. The van der Waals surface area contributed by atoms with Crippen LogP contribution in [0.3, 0.4) is 0 Å². The van der Waals surface area contributed by atoms with Crippen LogP contribution in [0.5, 0.6) is 0 Å². The summed E-state index contributed by atoms with van der Waals surface area (Å²) in [4.78, 5) is 0. The van der Waals surface area contributed by atoms with Gasteiger partial charge in [0.1, 0.15) is 28.2 Å². The Kier molecular flexibility index (Phi) is 13.6. The Hall–Kier alpha value is -6.52. The zero-order valence-corrected chi connectivity index (χ0v) is 43.6. The predicted octanol–water partition coefficient (Wildman–Crippen LogP) is 14.2. The molecule has 0 bridgehead atoms. The summed E-state index contributed by atoms with van der Waals surface area (Å²) >= 11 is 0. The van der Waals surface area contributed by atoms with E-state index >= 15 is 0 Å². The maximum atomic E-state index is 7.98. The van der Waals surface area contributed by atoms with Crippen molar-refractivity contribution in [1.29, 1.82) is 0 Å². The molecule has 0 amide bonds. The molecule has 0 aliphatic heterocycles. The molecule has 1 aliphatic carbocycles. The first-order valence-electron chi connectivity index (χ1n) is 30.4. The minimum Gasteiger partial charge on any atom is -0.201 e. The molecule has 4 aromatic heterocycles. The van der Waals surface area contributed by atoms with Gasteiger partial charge in [-0.2, -0.15) is 0 Å². The molecular weight excluding hydrogens is 849 g/mol. The number of aromatic nitrogens is 4. The quantitative estimate of drug-likeness (QED) is 0.135. The molecule has 4 nitrogen and oxygen atoms in total. The van der Waals surface area contributed by atoms with Gasteiger partial charge in [-0.25, -0.2) is 18.3 Å². The molecule has 0 radical (unpaired) electrons. The third kappa shape index (κ3) is 13.0. The van der Waals surface area contributed by atoms with Gasteiger partial charge in [0, 0.05) is 85.7 Å². The summed E-state index contributed by atoms with van der Waals surface area (Å²) in [5, 5.41) is 0. The van der Waals surface area contributed by atoms with E-state index < -0.39 is 32.8 Å². The maximum absolute atomic E-state index is 7.98. The Labute approximate surface area is 439 Å². The number of pyridine rings is 4. The molecular formula is C66H82N4+4. The largest absolute Gasteiger partial charge is 0.212 e. The monoisotopic (exact) mass is 943 g/mol. The Balaban J connectivity index is 0.000000176. The van der Waals surface area contributed by atoms with E-state index in [-0.39, 0.29) is 22.3 Å². The first kappa shape index (κ1) is 38.3. The lowest BCUT2D eigenvalue weighted by atomic mass is 9.95. The molecule has 362 valence electrons. The van der Waals surface area contributed by atoms with Gasteiger partial charge in [-0.1, -0.05) is 106 Å². The minimum atomic E-state index is -2.35. The van der Waals surface area contributed by atoms with E-state index in [0.717, 1.165) is 56.4 Å². The van der Waals surface area contributed by atoms with Gasteiger partial charge >= 0.3 is 0 Å². The van der Waals surface area contributed by atoms with Gasteiger partial charge in [0.25, 0.3) is 0 Å². The van der Waals surface area contributed by atoms with Crippen LogP contribution in [0.4, 0.5) is 0 Å². The molecule has 0 unspecified atom stereocenters. The molecule has 8 aromatic rings. The normalized spacial score (nSPS) is 15.5. The lowest BCUT2D eigenvalue weighted by Gasteiger charge is -2.11. The van der Waals surface area contributed by atoms with Crippen LogP contribution in [0.1, 0.15) is 130 Å². The molecule has 0 spiro atoms. The summed E-state index contributed by atoms with van der Waals surface area (Å²) < 4.78 is 101. The summed E-state index contributed by atoms with van der Waals surface area (Å²) in [5.74, 6) is 0.781. The fraction of sp³-hybridized carbons (Fsp3) is 0.333. The van der Waals surface area contributed by atoms with E-state index in [1.165, 1.54) is 85.4 Å². The number of aryl methyl sites for hydroxylation is 14. The zero-order chi connectivity index (χ0) is 60.9. The van der Waals surface area contributed by atoms with Crippen molar-refractivity contribution in [3.05, 3.63) is 213 Å². The molecule has 1 aliphatic rings.